The molecular formula is C14H20ClN3O4. The van der Waals surface area contributed by atoms with E-state index < -0.39 is 10.5 Å². The number of rotatable bonds is 7. The lowest BCUT2D eigenvalue weighted by atomic mass is 10.1. The van der Waals surface area contributed by atoms with Gasteiger partial charge in [-0.05, 0) is 32.5 Å². The van der Waals surface area contributed by atoms with Crippen LogP contribution in [0.2, 0.25) is 5.02 Å². The summed E-state index contributed by atoms with van der Waals surface area (Å²) in [6, 6.07) is 4.08. The molecule has 122 valence electrons. The van der Waals surface area contributed by atoms with Gasteiger partial charge >= 0.3 is 0 Å². The Hall–Kier alpha value is -1.70. The van der Waals surface area contributed by atoms with E-state index in [0.29, 0.717) is 18.8 Å². The second kappa shape index (κ2) is 7.53. The standard InChI is InChI=1S/C14H20ClN3O4/c1-4-17(9-14(2,3)20)8-13(19)16-10-5-6-11(15)12(7-10)18(21)22/h5-7,20H,4,8-9H2,1-3H3,(H,16,19). The molecule has 1 rings (SSSR count). The van der Waals surface area contributed by atoms with Crippen molar-refractivity contribution in [3.8, 4) is 0 Å². The molecule has 0 radical (unpaired) electrons. The van der Waals surface area contributed by atoms with Crippen molar-refractivity contribution in [1.29, 1.82) is 0 Å². The van der Waals surface area contributed by atoms with Crippen LogP contribution in [0.15, 0.2) is 18.2 Å². The largest absolute Gasteiger partial charge is 0.389 e. The van der Waals surface area contributed by atoms with Gasteiger partial charge in [0.15, 0.2) is 0 Å². The van der Waals surface area contributed by atoms with Crippen LogP contribution in [-0.4, -0.2) is 46.1 Å². The molecule has 8 heteroatoms. The van der Waals surface area contributed by atoms with E-state index in [1.165, 1.54) is 18.2 Å². The van der Waals surface area contributed by atoms with Gasteiger partial charge in [0.1, 0.15) is 5.02 Å². The molecule has 0 aliphatic heterocycles. The molecule has 0 fully saturated rings. The van der Waals surface area contributed by atoms with Crippen molar-refractivity contribution in [2.24, 2.45) is 0 Å². The van der Waals surface area contributed by atoms with Gasteiger partial charge in [-0.2, -0.15) is 0 Å². The summed E-state index contributed by atoms with van der Waals surface area (Å²) >= 11 is 5.72. The Morgan fingerprint density at radius 1 is 1.50 bits per heavy atom. The number of carbonyl (C=O) groups excluding carboxylic acids is 1. The highest BCUT2D eigenvalue weighted by atomic mass is 35.5. The fourth-order valence-corrected chi connectivity index (χ4v) is 2.15. The molecule has 1 aromatic rings. The van der Waals surface area contributed by atoms with Crippen molar-refractivity contribution < 1.29 is 14.8 Å². The summed E-state index contributed by atoms with van der Waals surface area (Å²) in [4.78, 5) is 24.0. The van der Waals surface area contributed by atoms with Gasteiger partial charge in [-0.3, -0.25) is 19.8 Å². The fraction of sp³-hybridized carbons (Fsp3) is 0.500. The van der Waals surface area contributed by atoms with E-state index in [4.69, 9.17) is 11.6 Å². The lowest BCUT2D eigenvalue weighted by Crippen LogP contribution is -2.42. The summed E-state index contributed by atoms with van der Waals surface area (Å²) in [5.74, 6) is -0.317. The topological polar surface area (TPSA) is 95.7 Å². The number of benzene rings is 1. The minimum atomic E-state index is -0.907. The van der Waals surface area contributed by atoms with E-state index in [2.05, 4.69) is 5.32 Å². The molecule has 0 aromatic heterocycles. The quantitative estimate of drug-likeness (QED) is 0.591. The molecule has 1 amide bonds. The van der Waals surface area contributed by atoms with Gasteiger partial charge in [-0.25, -0.2) is 0 Å². The number of anilines is 1. The number of halogens is 1. The second-order valence-electron chi connectivity index (χ2n) is 5.59. The highest BCUT2D eigenvalue weighted by molar-refractivity contribution is 6.32. The van der Waals surface area contributed by atoms with E-state index in [9.17, 15) is 20.0 Å². The van der Waals surface area contributed by atoms with Gasteiger partial charge < -0.3 is 10.4 Å². The SMILES string of the molecule is CCN(CC(=O)Nc1ccc(Cl)c([N+](=O)[O-])c1)CC(C)(C)O. The van der Waals surface area contributed by atoms with Gasteiger partial charge in [0.2, 0.25) is 5.91 Å². The summed E-state index contributed by atoms with van der Waals surface area (Å²) < 4.78 is 0. The number of carbonyl (C=O) groups is 1. The Morgan fingerprint density at radius 3 is 2.64 bits per heavy atom. The van der Waals surface area contributed by atoms with E-state index in [0.717, 1.165) is 0 Å². The zero-order chi connectivity index (χ0) is 16.9. The van der Waals surface area contributed by atoms with Crippen LogP contribution in [0.1, 0.15) is 20.8 Å². The summed E-state index contributed by atoms with van der Waals surface area (Å²) in [6.45, 7) is 6.23. The van der Waals surface area contributed by atoms with Crippen LogP contribution in [0.3, 0.4) is 0 Å². The maximum Gasteiger partial charge on any atom is 0.289 e. The second-order valence-corrected chi connectivity index (χ2v) is 5.99. The Labute approximate surface area is 134 Å². The summed E-state index contributed by atoms with van der Waals surface area (Å²) in [5.41, 5.74) is -0.862. The molecule has 0 saturated carbocycles. The zero-order valence-corrected chi connectivity index (χ0v) is 13.6. The molecule has 22 heavy (non-hydrogen) atoms. The number of nitrogens with zero attached hydrogens (tertiary/aromatic N) is 2. The minimum Gasteiger partial charge on any atom is -0.389 e. The van der Waals surface area contributed by atoms with Crippen LogP contribution in [-0.2, 0) is 4.79 Å². The maximum absolute atomic E-state index is 12.0. The highest BCUT2D eigenvalue weighted by Gasteiger charge is 2.20. The first kappa shape index (κ1) is 18.3. The lowest BCUT2D eigenvalue weighted by Gasteiger charge is -2.27. The summed E-state index contributed by atoms with van der Waals surface area (Å²) in [7, 11) is 0. The number of nitro benzene ring substituents is 1. The summed E-state index contributed by atoms with van der Waals surface area (Å²) in [5, 5.41) is 23.2. The lowest BCUT2D eigenvalue weighted by molar-refractivity contribution is -0.384. The fourth-order valence-electron chi connectivity index (χ4n) is 1.96. The molecule has 0 atom stereocenters. The Morgan fingerprint density at radius 2 is 2.14 bits per heavy atom. The van der Waals surface area contributed by atoms with E-state index >= 15 is 0 Å². The van der Waals surface area contributed by atoms with Crippen molar-refractivity contribution in [2.45, 2.75) is 26.4 Å². The van der Waals surface area contributed by atoms with Crippen molar-refractivity contribution in [3.05, 3.63) is 33.3 Å². The van der Waals surface area contributed by atoms with Crippen molar-refractivity contribution in [2.75, 3.05) is 25.0 Å². The van der Waals surface area contributed by atoms with E-state index in [1.807, 2.05) is 6.92 Å². The number of aliphatic hydroxyl groups is 1. The number of hydrogen-bond donors (Lipinski definition) is 2. The molecule has 0 saturated heterocycles. The normalized spacial score (nSPS) is 11.5. The predicted octanol–water partition coefficient (Wildman–Crippen LogP) is 2.28. The molecule has 1 aromatic carbocycles. The van der Waals surface area contributed by atoms with E-state index in [1.54, 1.807) is 18.7 Å². The van der Waals surface area contributed by atoms with Crippen LogP contribution in [0, 0.1) is 10.1 Å². The third-order valence-corrected chi connectivity index (χ3v) is 3.17. The monoisotopic (exact) mass is 329 g/mol. The third-order valence-electron chi connectivity index (χ3n) is 2.85. The first-order chi connectivity index (χ1) is 10.1. The highest BCUT2D eigenvalue weighted by Crippen LogP contribution is 2.27. The van der Waals surface area contributed by atoms with Crippen LogP contribution < -0.4 is 5.32 Å². The van der Waals surface area contributed by atoms with Gasteiger partial charge in [-0.1, -0.05) is 18.5 Å². The van der Waals surface area contributed by atoms with Gasteiger partial charge in [0, 0.05) is 18.3 Å². The molecular weight excluding hydrogens is 310 g/mol. The minimum absolute atomic E-state index is 0.0141. The number of likely N-dealkylation sites (N-methyl/N-ethyl adjacent to an activating group) is 1. The van der Waals surface area contributed by atoms with Crippen LogP contribution >= 0.6 is 11.6 Å². The molecule has 0 aliphatic rings. The number of nitrogens with one attached hydrogen (secondary N) is 1. The Balaban J connectivity index is 2.72. The van der Waals surface area contributed by atoms with Crippen LogP contribution in [0.5, 0.6) is 0 Å². The smallest absolute Gasteiger partial charge is 0.289 e. The van der Waals surface area contributed by atoms with Crippen molar-refractivity contribution in [3.63, 3.8) is 0 Å². The molecule has 2 N–H and O–H groups in total. The first-order valence-electron chi connectivity index (χ1n) is 6.81. The maximum atomic E-state index is 12.0. The average Bonchev–Trinajstić information content (AvgIpc) is 2.38. The Kier molecular flexibility index (Phi) is 6.28. The van der Waals surface area contributed by atoms with Gasteiger partial charge in [0.25, 0.3) is 5.69 Å². The average molecular weight is 330 g/mol. The predicted molar refractivity (Wildman–Crippen MR) is 85.1 cm³/mol. The van der Waals surface area contributed by atoms with Gasteiger partial charge in [0.05, 0.1) is 17.1 Å². The Bertz CT molecular complexity index is 558. The van der Waals surface area contributed by atoms with Gasteiger partial charge in [-0.15, -0.1) is 0 Å². The molecule has 0 spiro atoms. The molecule has 0 aliphatic carbocycles. The molecule has 7 nitrogen and oxygen atoms in total. The number of hydrogen-bond acceptors (Lipinski definition) is 5. The van der Waals surface area contributed by atoms with Crippen LogP contribution in [0.4, 0.5) is 11.4 Å². The summed E-state index contributed by atoms with van der Waals surface area (Å²) in [6.07, 6.45) is 0. The molecule has 0 bridgehead atoms. The van der Waals surface area contributed by atoms with Crippen molar-refractivity contribution >= 4 is 28.9 Å². The first-order valence-corrected chi connectivity index (χ1v) is 7.18. The number of amides is 1. The van der Waals surface area contributed by atoms with Crippen molar-refractivity contribution in [1.82, 2.24) is 4.90 Å². The molecule has 0 unspecified atom stereocenters. The zero-order valence-electron chi connectivity index (χ0n) is 12.8. The van der Waals surface area contributed by atoms with Crippen LogP contribution in [0.25, 0.3) is 0 Å². The third kappa shape index (κ3) is 5.97. The van der Waals surface area contributed by atoms with E-state index in [-0.39, 0.29) is 23.2 Å². The molecule has 0 heterocycles. The number of nitro groups is 1.